The number of carbonyl (C=O) groups excluding carboxylic acids is 1. The third-order valence-corrected chi connectivity index (χ3v) is 1.97. The number of rotatable bonds is 4. The van der Waals surface area contributed by atoms with E-state index in [2.05, 4.69) is 10.3 Å². The van der Waals surface area contributed by atoms with Gasteiger partial charge in [0.1, 0.15) is 0 Å². The van der Waals surface area contributed by atoms with Gasteiger partial charge in [0.2, 0.25) is 0 Å². The summed E-state index contributed by atoms with van der Waals surface area (Å²) in [4.78, 5) is 15.6. The molecule has 0 saturated heterocycles. The highest BCUT2D eigenvalue weighted by Gasteiger charge is 2.09. The third kappa shape index (κ3) is 3.21. The van der Waals surface area contributed by atoms with Crippen molar-refractivity contribution < 1.29 is 9.90 Å². The van der Waals surface area contributed by atoms with Crippen LogP contribution in [0.4, 0.5) is 5.69 Å². The van der Waals surface area contributed by atoms with Gasteiger partial charge in [0.15, 0.2) is 0 Å². The molecule has 0 aliphatic carbocycles. The zero-order valence-corrected chi connectivity index (χ0v) is 8.66. The lowest BCUT2D eigenvalue weighted by atomic mass is 10.2. The summed E-state index contributed by atoms with van der Waals surface area (Å²) in [5.41, 5.74) is 7.13. The lowest BCUT2D eigenvalue weighted by Crippen LogP contribution is -2.26. The highest BCUT2D eigenvalue weighted by molar-refractivity contribution is 5.95. The number of hydrogen-bond acceptors (Lipinski definition) is 4. The van der Waals surface area contributed by atoms with Crippen LogP contribution in [0.1, 0.15) is 22.5 Å². The zero-order valence-electron chi connectivity index (χ0n) is 8.66. The van der Waals surface area contributed by atoms with Crippen molar-refractivity contribution in [2.45, 2.75) is 13.3 Å². The molecule has 0 aliphatic heterocycles. The van der Waals surface area contributed by atoms with E-state index in [0.29, 0.717) is 29.9 Å². The van der Waals surface area contributed by atoms with E-state index in [1.807, 2.05) is 0 Å². The molecular formula is C10H15N3O2. The molecule has 0 radical (unpaired) electrons. The second-order valence-corrected chi connectivity index (χ2v) is 3.23. The molecule has 82 valence electrons. The molecular weight excluding hydrogens is 194 g/mol. The molecule has 5 nitrogen and oxygen atoms in total. The Kier molecular flexibility index (Phi) is 4.05. The highest BCUT2D eigenvalue weighted by Crippen LogP contribution is 2.08. The number of nitrogens with two attached hydrogens (primary N) is 1. The number of nitrogen functional groups attached to an aromatic ring is 1. The van der Waals surface area contributed by atoms with E-state index in [-0.39, 0.29) is 12.5 Å². The zero-order chi connectivity index (χ0) is 11.3. The lowest BCUT2D eigenvalue weighted by molar-refractivity contribution is 0.0950. The van der Waals surface area contributed by atoms with Gasteiger partial charge in [0.25, 0.3) is 5.91 Å². The third-order valence-electron chi connectivity index (χ3n) is 1.97. The highest BCUT2D eigenvalue weighted by atomic mass is 16.3. The Hall–Kier alpha value is -1.62. The van der Waals surface area contributed by atoms with Crippen LogP contribution in [-0.4, -0.2) is 29.1 Å². The summed E-state index contributed by atoms with van der Waals surface area (Å²) in [7, 11) is 0. The first-order chi connectivity index (χ1) is 7.15. The van der Waals surface area contributed by atoms with Crippen LogP contribution in [0.15, 0.2) is 12.3 Å². The van der Waals surface area contributed by atoms with Crippen molar-refractivity contribution in [2.24, 2.45) is 0 Å². The average Bonchev–Trinajstić information content (AvgIpc) is 2.22. The van der Waals surface area contributed by atoms with Crippen LogP contribution in [0.5, 0.6) is 0 Å². The first kappa shape index (κ1) is 11.5. The van der Waals surface area contributed by atoms with Gasteiger partial charge >= 0.3 is 0 Å². The van der Waals surface area contributed by atoms with E-state index in [9.17, 15) is 4.79 Å². The molecule has 0 bridgehead atoms. The number of carbonyl (C=O) groups is 1. The average molecular weight is 209 g/mol. The predicted octanol–water partition coefficient (Wildman–Crippen LogP) is 0.0844. The smallest absolute Gasteiger partial charge is 0.253 e. The van der Waals surface area contributed by atoms with E-state index in [4.69, 9.17) is 10.8 Å². The molecule has 0 fully saturated rings. The Labute approximate surface area is 88.3 Å². The molecule has 4 N–H and O–H groups in total. The van der Waals surface area contributed by atoms with Gasteiger partial charge < -0.3 is 16.2 Å². The number of anilines is 1. The van der Waals surface area contributed by atoms with Crippen molar-refractivity contribution in [1.29, 1.82) is 0 Å². The molecule has 0 aromatic carbocycles. The minimum absolute atomic E-state index is 0.0639. The van der Waals surface area contributed by atoms with E-state index in [0.717, 1.165) is 0 Å². The van der Waals surface area contributed by atoms with Crippen LogP contribution in [-0.2, 0) is 0 Å². The van der Waals surface area contributed by atoms with Gasteiger partial charge in [-0.25, -0.2) is 0 Å². The van der Waals surface area contributed by atoms with Crippen LogP contribution in [0, 0.1) is 6.92 Å². The quantitative estimate of drug-likeness (QED) is 0.613. The topological polar surface area (TPSA) is 88.2 Å². The first-order valence-electron chi connectivity index (χ1n) is 4.76. The number of aromatic nitrogens is 1. The number of pyridine rings is 1. The van der Waals surface area contributed by atoms with Gasteiger partial charge in [-0.2, -0.15) is 0 Å². The van der Waals surface area contributed by atoms with Crippen molar-refractivity contribution in [2.75, 3.05) is 18.9 Å². The van der Waals surface area contributed by atoms with Crippen molar-refractivity contribution in [3.05, 3.63) is 23.5 Å². The second kappa shape index (κ2) is 5.31. The molecule has 15 heavy (non-hydrogen) atoms. The molecule has 0 aliphatic rings. The Bertz CT molecular complexity index is 353. The summed E-state index contributed by atoms with van der Waals surface area (Å²) >= 11 is 0. The summed E-state index contributed by atoms with van der Waals surface area (Å²) in [6.45, 7) is 2.26. The van der Waals surface area contributed by atoms with Crippen LogP contribution >= 0.6 is 0 Å². The van der Waals surface area contributed by atoms with Crippen molar-refractivity contribution >= 4 is 11.6 Å². The summed E-state index contributed by atoms with van der Waals surface area (Å²) in [5.74, 6) is -0.208. The van der Waals surface area contributed by atoms with Crippen molar-refractivity contribution in [3.8, 4) is 0 Å². The summed E-state index contributed by atoms with van der Waals surface area (Å²) in [5, 5.41) is 11.2. The number of nitrogens with zero attached hydrogens (tertiary/aromatic N) is 1. The van der Waals surface area contributed by atoms with Crippen LogP contribution in [0.2, 0.25) is 0 Å². The molecule has 5 heteroatoms. The van der Waals surface area contributed by atoms with Crippen LogP contribution < -0.4 is 11.1 Å². The van der Waals surface area contributed by atoms with Gasteiger partial charge in [-0.3, -0.25) is 9.78 Å². The Morgan fingerprint density at radius 2 is 2.40 bits per heavy atom. The van der Waals surface area contributed by atoms with Gasteiger partial charge in [-0.1, -0.05) is 0 Å². The van der Waals surface area contributed by atoms with Gasteiger partial charge in [0, 0.05) is 13.2 Å². The SMILES string of the molecule is Cc1ncc(N)cc1C(=O)NCCCO. The normalized spacial score (nSPS) is 10.0. The molecule has 1 amide bonds. The molecule has 0 saturated carbocycles. The fourth-order valence-electron chi connectivity index (χ4n) is 1.16. The molecule has 0 atom stereocenters. The fourth-order valence-corrected chi connectivity index (χ4v) is 1.16. The summed E-state index contributed by atoms with van der Waals surface area (Å²) < 4.78 is 0. The maximum atomic E-state index is 11.6. The van der Waals surface area contributed by atoms with Gasteiger partial charge in [0.05, 0.1) is 23.1 Å². The maximum Gasteiger partial charge on any atom is 0.253 e. The number of nitrogens with one attached hydrogen (secondary N) is 1. The number of hydrogen-bond donors (Lipinski definition) is 3. The van der Waals surface area contributed by atoms with Gasteiger partial charge in [-0.05, 0) is 19.4 Å². The Morgan fingerprint density at radius 3 is 3.07 bits per heavy atom. The van der Waals surface area contributed by atoms with Crippen molar-refractivity contribution in [3.63, 3.8) is 0 Å². The number of aliphatic hydroxyl groups excluding tert-OH is 1. The summed E-state index contributed by atoms with van der Waals surface area (Å²) in [6, 6.07) is 1.59. The molecule has 1 aromatic rings. The first-order valence-corrected chi connectivity index (χ1v) is 4.76. The van der Waals surface area contributed by atoms with E-state index in [1.165, 1.54) is 6.20 Å². The standard InChI is InChI=1S/C10H15N3O2/c1-7-9(5-8(11)6-13-7)10(15)12-3-2-4-14/h5-6,14H,2-4,11H2,1H3,(H,12,15). The van der Waals surface area contributed by atoms with Crippen LogP contribution in [0.25, 0.3) is 0 Å². The fraction of sp³-hybridized carbons (Fsp3) is 0.400. The minimum atomic E-state index is -0.208. The second-order valence-electron chi connectivity index (χ2n) is 3.23. The van der Waals surface area contributed by atoms with Crippen LogP contribution in [0.3, 0.4) is 0 Å². The van der Waals surface area contributed by atoms with E-state index < -0.39 is 0 Å². The monoisotopic (exact) mass is 209 g/mol. The molecule has 0 unspecified atom stereocenters. The molecule has 1 aromatic heterocycles. The minimum Gasteiger partial charge on any atom is -0.397 e. The Balaban J connectivity index is 2.68. The van der Waals surface area contributed by atoms with Gasteiger partial charge in [-0.15, -0.1) is 0 Å². The number of amides is 1. The lowest BCUT2D eigenvalue weighted by Gasteiger charge is -2.06. The molecule has 1 rings (SSSR count). The van der Waals surface area contributed by atoms with Crippen molar-refractivity contribution in [1.82, 2.24) is 10.3 Å². The molecule has 0 spiro atoms. The molecule has 1 heterocycles. The summed E-state index contributed by atoms with van der Waals surface area (Å²) in [6.07, 6.45) is 2.06. The predicted molar refractivity (Wildman–Crippen MR) is 57.4 cm³/mol. The Morgan fingerprint density at radius 1 is 1.67 bits per heavy atom. The van der Waals surface area contributed by atoms with E-state index in [1.54, 1.807) is 13.0 Å². The van der Waals surface area contributed by atoms with E-state index >= 15 is 0 Å². The number of aryl methyl sites for hydroxylation is 1. The maximum absolute atomic E-state index is 11.6. The number of aliphatic hydroxyl groups is 1. The largest absolute Gasteiger partial charge is 0.397 e.